The molecule has 0 spiro atoms. The summed E-state index contributed by atoms with van der Waals surface area (Å²) in [6.45, 7) is 6.27. The number of nitrogens with one attached hydrogen (secondary N) is 2. The monoisotopic (exact) mass is 363 g/mol. The van der Waals surface area contributed by atoms with Crippen molar-refractivity contribution in [1.29, 1.82) is 0 Å². The van der Waals surface area contributed by atoms with Gasteiger partial charge in [0.2, 0.25) is 0 Å². The van der Waals surface area contributed by atoms with Crippen LogP contribution in [-0.2, 0) is 11.2 Å². The number of ether oxygens (including phenoxy) is 1. The molecule has 136 valence electrons. The zero-order chi connectivity index (χ0) is 17.5. The largest absolute Gasteiger partial charge is 0.379 e. The minimum atomic E-state index is 0.514. The van der Waals surface area contributed by atoms with Gasteiger partial charge < -0.3 is 20.8 Å². The van der Waals surface area contributed by atoms with Gasteiger partial charge in [0, 0.05) is 54.8 Å². The molecule has 0 saturated carbocycles. The number of fused-ring (bicyclic) bond motifs is 1. The molecule has 2 aromatic rings. The fraction of sp³-hybridized carbons (Fsp3) is 0.500. The molecule has 25 heavy (non-hydrogen) atoms. The SMILES string of the molecule is NC(=NCCCN1CCOCC1)NCCc1c[nH]c2ccc(Cl)cc12. The Morgan fingerprint density at radius 1 is 1.36 bits per heavy atom. The summed E-state index contributed by atoms with van der Waals surface area (Å²) in [4.78, 5) is 10.1. The molecular weight excluding hydrogens is 338 g/mol. The molecule has 6 nitrogen and oxygen atoms in total. The van der Waals surface area contributed by atoms with E-state index in [0.29, 0.717) is 5.96 Å². The van der Waals surface area contributed by atoms with Gasteiger partial charge in [0.25, 0.3) is 0 Å². The quantitative estimate of drug-likeness (QED) is 0.399. The van der Waals surface area contributed by atoms with Crippen LogP contribution in [0.25, 0.3) is 10.9 Å². The second-order valence-electron chi connectivity index (χ2n) is 6.26. The van der Waals surface area contributed by atoms with Crippen LogP contribution in [0.1, 0.15) is 12.0 Å². The first-order valence-electron chi connectivity index (χ1n) is 8.82. The van der Waals surface area contributed by atoms with Gasteiger partial charge in [-0.3, -0.25) is 9.89 Å². The van der Waals surface area contributed by atoms with E-state index in [-0.39, 0.29) is 0 Å². The van der Waals surface area contributed by atoms with E-state index in [2.05, 4.69) is 20.2 Å². The lowest BCUT2D eigenvalue weighted by Crippen LogP contribution is -2.37. The number of morpholine rings is 1. The van der Waals surface area contributed by atoms with Gasteiger partial charge in [0.15, 0.2) is 5.96 Å². The molecule has 3 rings (SSSR count). The topological polar surface area (TPSA) is 78.7 Å². The van der Waals surface area contributed by atoms with Crippen molar-refractivity contribution in [1.82, 2.24) is 15.2 Å². The molecule has 1 aromatic heterocycles. The van der Waals surface area contributed by atoms with E-state index in [0.717, 1.165) is 74.7 Å². The lowest BCUT2D eigenvalue weighted by Gasteiger charge is -2.26. The highest BCUT2D eigenvalue weighted by Gasteiger charge is 2.09. The number of rotatable bonds is 7. The Hall–Kier alpha value is -1.76. The van der Waals surface area contributed by atoms with Crippen molar-refractivity contribution in [3.8, 4) is 0 Å². The summed E-state index contributed by atoms with van der Waals surface area (Å²) in [5, 5.41) is 5.10. The third kappa shape index (κ3) is 5.36. The predicted molar refractivity (Wildman–Crippen MR) is 103 cm³/mol. The highest BCUT2D eigenvalue weighted by atomic mass is 35.5. The van der Waals surface area contributed by atoms with E-state index < -0.39 is 0 Å². The molecule has 1 fully saturated rings. The van der Waals surface area contributed by atoms with Crippen molar-refractivity contribution in [2.24, 2.45) is 10.7 Å². The van der Waals surface area contributed by atoms with Gasteiger partial charge in [0.1, 0.15) is 0 Å². The molecule has 0 bridgehead atoms. The standard InChI is InChI=1S/C18H26ClN5O/c19-15-2-3-17-16(12-15)14(13-23-17)4-6-22-18(20)21-5-1-7-24-8-10-25-11-9-24/h2-3,12-13,23H,1,4-11H2,(H3,20,21,22). The molecule has 2 heterocycles. The van der Waals surface area contributed by atoms with Gasteiger partial charge in [-0.15, -0.1) is 0 Å². The zero-order valence-electron chi connectivity index (χ0n) is 14.4. The summed E-state index contributed by atoms with van der Waals surface area (Å²) < 4.78 is 5.34. The molecule has 1 aliphatic heterocycles. The smallest absolute Gasteiger partial charge is 0.188 e. The molecule has 0 unspecified atom stereocenters. The Labute approximate surface area is 153 Å². The summed E-state index contributed by atoms with van der Waals surface area (Å²) in [5.41, 5.74) is 8.27. The minimum absolute atomic E-state index is 0.514. The van der Waals surface area contributed by atoms with Crippen LogP contribution in [0.2, 0.25) is 5.02 Å². The Bertz CT molecular complexity index is 709. The van der Waals surface area contributed by atoms with Crippen LogP contribution in [0.5, 0.6) is 0 Å². The summed E-state index contributed by atoms with van der Waals surface area (Å²) in [7, 11) is 0. The Kier molecular flexibility index (Phi) is 6.55. The first-order chi connectivity index (χ1) is 12.2. The van der Waals surface area contributed by atoms with Crippen molar-refractivity contribution in [3.05, 3.63) is 35.0 Å². The highest BCUT2D eigenvalue weighted by molar-refractivity contribution is 6.31. The van der Waals surface area contributed by atoms with Crippen LogP contribution < -0.4 is 11.1 Å². The van der Waals surface area contributed by atoms with Gasteiger partial charge in [0.05, 0.1) is 13.2 Å². The first-order valence-corrected chi connectivity index (χ1v) is 9.19. The fourth-order valence-electron chi connectivity index (χ4n) is 3.06. The number of nitrogens with two attached hydrogens (primary N) is 1. The van der Waals surface area contributed by atoms with Gasteiger partial charge in [-0.05, 0) is 36.6 Å². The molecule has 1 aliphatic rings. The van der Waals surface area contributed by atoms with E-state index >= 15 is 0 Å². The predicted octanol–water partition coefficient (Wildman–Crippen LogP) is 1.99. The lowest BCUT2D eigenvalue weighted by atomic mass is 10.1. The fourth-order valence-corrected chi connectivity index (χ4v) is 3.23. The molecule has 0 aliphatic carbocycles. The van der Waals surface area contributed by atoms with Crippen LogP contribution in [0.4, 0.5) is 0 Å². The van der Waals surface area contributed by atoms with Crippen LogP contribution in [0, 0.1) is 0 Å². The van der Waals surface area contributed by atoms with Gasteiger partial charge in [-0.25, -0.2) is 0 Å². The van der Waals surface area contributed by atoms with E-state index in [1.54, 1.807) is 0 Å². The number of hydrogen-bond acceptors (Lipinski definition) is 3. The van der Waals surface area contributed by atoms with E-state index in [4.69, 9.17) is 22.1 Å². The number of guanidine groups is 1. The van der Waals surface area contributed by atoms with Crippen LogP contribution in [0.15, 0.2) is 29.4 Å². The van der Waals surface area contributed by atoms with Crippen molar-refractivity contribution in [2.45, 2.75) is 12.8 Å². The van der Waals surface area contributed by atoms with Gasteiger partial charge >= 0.3 is 0 Å². The summed E-state index contributed by atoms with van der Waals surface area (Å²) in [6.07, 6.45) is 3.91. The summed E-state index contributed by atoms with van der Waals surface area (Å²) in [5.74, 6) is 0.514. The van der Waals surface area contributed by atoms with Crippen molar-refractivity contribution in [3.63, 3.8) is 0 Å². The molecular formula is C18H26ClN5O. The number of H-pyrrole nitrogens is 1. The number of aromatic amines is 1. The van der Waals surface area contributed by atoms with Crippen LogP contribution in [0.3, 0.4) is 0 Å². The second kappa shape index (κ2) is 9.08. The van der Waals surface area contributed by atoms with E-state index in [1.165, 1.54) is 5.56 Å². The summed E-state index contributed by atoms with van der Waals surface area (Å²) >= 11 is 6.08. The van der Waals surface area contributed by atoms with E-state index in [1.807, 2.05) is 24.4 Å². The Balaban J connectivity index is 1.38. The number of hydrogen-bond donors (Lipinski definition) is 3. The van der Waals surface area contributed by atoms with Crippen molar-refractivity contribution >= 4 is 28.5 Å². The zero-order valence-corrected chi connectivity index (χ0v) is 15.2. The highest BCUT2D eigenvalue weighted by Crippen LogP contribution is 2.22. The third-order valence-corrected chi connectivity index (χ3v) is 4.68. The molecule has 0 radical (unpaired) electrons. The molecule has 4 N–H and O–H groups in total. The minimum Gasteiger partial charge on any atom is -0.379 e. The van der Waals surface area contributed by atoms with Crippen LogP contribution >= 0.6 is 11.6 Å². The second-order valence-corrected chi connectivity index (χ2v) is 6.69. The lowest BCUT2D eigenvalue weighted by molar-refractivity contribution is 0.0377. The average Bonchev–Trinajstić information content (AvgIpc) is 3.02. The maximum Gasteiger partial charge on any atom is 0.188 e. The number of aromatic nitrogens is 1. The molecule has 0 amide bonds. The molecule has 1 aromatic carbocycles. The Morgan fingerprint density at radius 2 is 2.20 bits per heavy atom. The first kappa shape index (κ1) is 18.0. The normalized spacial score (nSPS) is 16.4. The van der Waals surface area contributed by atoms with E-state index in [9.17, 15) is 0 Å². The molecule has 7 heteroatoms. The number of halogens is 1. The van der Waals surface area contributed by atoms with Crippen molar-refractivity contribution in [2.75, 3.05) is 45.9 Å². The molecule has 1 saturated heterocycles. The number of aliphatic imine (C=N–C) groups is 1. The number of benzene rings is 1. The Morgan fingerprint density at radius 3 is 3.04 bits per heavy atom. The average molecular weight is 364 g/mol. The van der Waals surface area contributed by atoms with Gasteiger partial charge in [-0.1, -0.05) is 11.6 Å². The van der Waals surface area contributed by atoms with Crippen molar-refractivity contribution < 1.29 is 4.74 Å². The maximum absolute atomic E-state index is 6.08. The maximum atomic E-state index is 6.08. The third-order valence-electron chi connectivity index (χ3n) is 4.45. The number of nitrogens with zero attached hydrogens (tertiary/aromatic N) is 2. The molecule has 0 atom stereocenters. The summed E-state index contributed by atoms with van der Waals surface area (Å²) in [6, 6.07) is 5.88. The van der Waals surface area contributed by atoms with Gasteiger partial charge in [-0.2, -0.15) is 0 Å². The van der Waals surface area contributed by atoms with Crippen LogP contribution in [-0.4, -0.2) is 61.8 Å².